The summed E-state index contributed by atoms with van der Waals surface area (Å²) in [4.78, 5) is 74.0. The van der Waals surface area contributed by atoms with E-state index in [9.17, 15) is 46.2 Å². The fraction of sp³-hybridized carbons (Fsp3) is 0.222. The summed E-state index contributed by atoms with van der Waals surface area (Å²) < 4.78 is 89.4. The van der Waals surface area contributed by atoms with Crippen LogP contribution in [0.25, 0.3) is 22.5 Å². The van der Waals surface area contributed by atoms with E-state index in [1.165, 1.54) is 38.1 Å². The highest BCUT2D eigenvalue weighted by molar-refractivity contribution is 6.06. The summed E-state index contributed by atoms with van der Waals surface area (Å²) >= 11 is 0. The highest BCUT2D eigenvalue weighted by Crippen LogP contribution is 2.42. The molecule has 2 aromatic heterocycles. The van der Waals surface area contributed by atoms with Gasteiger partial charge in [-0.1, -0.05) is 30.3 Å². The molecule has 2 aliphatic heterocycles. The number of carbonyl (C=O) groups excluding carboxylic acids is 3. The molecule has 0 spiro atoms. The Morgan fingerprint density at radius 3 is 1.40 bits per heavy atom. The normalized spacial score (nSPS) is 12.8. The molecule has 78 heavy (non-hydrogen) atoms. The van der Waals surface area contributed by atoms with Gasteiger partial charge in [0.25, 0.3) is 5.91 Å². The molecule has 0 radical (unpaired) electrons. The molecule has 2 aliphatic rings. The Hall–Kier alpha value is -9.16. The van der Waals surface area contributed by atoms with Crippen molar-refractivity contribution in [2.45, 2.75) is 26.9 Å². The third-order valence-electron chi connectivity index (χ3n) is 12.4. The Balaban J connectivity index is 0.000000208. The van der Waals surface area contributed by atoms with Crippen LogP contribution in [0.2, 0.25) is 0 Å². The van der Waals surface area contributed by atoms with Crippen molar-refractivity contribution in [1.29, 1.82) is 0 Å². The molecule has 5 aromatic carbocycles. The van der Waals surface area contributed by atoms with Crippen LogP contribution in [0.3, 0.4) is 0 Å². The summed E-state index contributed by atoms with van der Waals surface area (Å²) in [5, 5.41) is 23.4. The Morgan fingerprint density at radius 1 is 0.577 bits per heavy atom. The van der Waals surface area contributed by atoms with Crippen LogP contribution in [0.1, 0.15) is 43.0 Å². The number of hydrogen-bond donors (Lipinski definition) is 6. The molecule has 0 bridgehead atoms. The molecule has 18 nitrogen and oxygen atoms in total. The number of hydrogen-bond acceptors (Lipinski definition) is 12. The largest absolute Gasteiger partial charge is 0.478 e. The number of fused-ring (bicyclic) bond motifs is 2. The first-order valence-electron chi connectivity index (χ1n) is 24.1. The van der Waals surface area contributed by atoms with Crippen molar-refractivity contribution in [3.63, 3.8) is 0 Å². The number of anilines is 7. The Morgan fingerprint density at radius 2 is 0.987 bits per heavy atom. The van der Waals surface area contributed by atoms with Crippen LogP contribution in [-0.2, 0) is 13.1 Å². The molecule has 0 saturated heterocycles. The summed E-state index contributed by atoms with van der Waals surface area (Å²) in [5.74, 6) is -7.34. The number of aromatic nitrogens is 4. The number of para-hydroxylation sites is 3. The summed E-state index contributed by atoms with van der Waals surface area (Å²) in [6.07, 6.45) is 0. The number of rotatable bonds is 15. The number of halogens is 6. The standard InChI is InChI=1S/C30H28F3N7O2.C24H23F3N6O3/c1-17-20(14-18(15-24(17)33)28(41)36-19-8-5-4-6-9-19)25-21-16-35-30(42)40(26-22(31)10-7-11-23(26)32)27(21)38-29(37-25)34-12-13-39(2)3;1-12-14(9-13(22(34)35)10-18(12)27)19-15-11-29-24(36)33(20-16(25)5-4-6-17(20)26)21(15)31-23(30-19)28-7-8-32(2)3/h4-11,14-15H,12-13,16H2,1-3H3,(H,35,42)(H,36,41)(H,34,37,38);4-6,9-10H,7-8,11H2,1-3H3,(H,29,36)(H,34,35)(H,28,30,31). The first-order valence-corrected chi connectivity index (χ1v) is 24.1. The second-order valence-electron chi connectivity index (χ2n) is 18.4. The lowest BCUT2D eigenvalue weighted by Gasteiger charge is -2.31. The van der Waals surface area contributed by atoms with E-state index in [1.807, 2.05) is 38.0 Å². The summed E-state index contributed by atoms with van der Waals surface area (Å²) in [6.45, 7) is 4.73. The molecule has 24 heteroatoms. The number of nitrogens with zero attached hydrogens (tertiary/aromatic N) is 8. The van der Waals surface area contributed by atoms with E-state index in [-0.39, 0.29) is 87.0 Å². The van der Waals surface area contributed by atoms with Crippen LogP contribution in [0, 0.1) is 48.8 Å². The minimum Gasteiger partial charge on any atom is -0.478 e. The van der Waals surface area contributed by atoms with E-state index in [2.05, 4.69) is 46.5 Å². The number of benzene rings is 5. The molecule has 0 unspecified atom stereocenters. The second-order valence-corrected chi connectivity index (χ2v) is 18.4. The van der Waals surface area contributed by atoms with E-state index in [1.54, 1.807) is 30.3 Å². The molecule has 5 amide bonds. The van der Waals surface area contributed by atoms with Crippen molar-refractivity contribution in [3.8, 4) is 22.5 Å². The van der Waals surface area contributed by atoms with Crippen molar-refractivity contribution in [1.82, 2.24) is 40.4 Å². The Bertz CT molecular complexity index is 3440. The van der Waals surface area contributed by atoms with E-state index in [0.29, 0.717) is 37.4 Å². The van der Waals surface area contributed by atoms with Gasteiger partial charge in [0, 0.05) is 59.7 Å². The third-order valence-corrected chi connectivity index (χ3v) is 12.4. The molecule has 4 heterocycles. The smallest absolute Gasteiger partial charge is 0.335 e. The summed E-state index contributed by atoms with van der Waals surface area (Å²) in [7, 11) is 7.48. The van der Waals surface area contributed by atoms with E-state index in [4.69, 9.17) is 0 Å². The van der Waals surface area contributed by atoms with Gasteiger partial charge in [0.05, 0.1) is 30.0 Å². The average Bonchev–Trinajstić information content (AvgIpc) is 3.50. The second kappa shape index (κ2) is 23.4. The molecule has 0 aliphatic carbocycles. The van der Waals surface area contributed by atoms with Crippen molar-refractivity contribution in [3.05, 3.63) is 159 Å². The van der Waals surface area contributed by atoms with Crippen LogP contribution in [0.4, 0.5) is 76.5 Å². The minimum atomic E-state index is -1.34. The molecule has 404 valence electrons. The fourth-order valence-electron chi connectivity index (χ4n) is 8.35. The van der Waals surface area contributed by atoms with Crippen LogP contribution in [-0.4, -0.2) is 113 Å². The number of nitrogens with one attached hydrogen (secondary N) is 5. The van der Waals surface area contributed by atoms with Gasteiger partial charge in [-0.3, -0.25) is 4.79 Å². The first-order chi connectivity index (χ1) is 37.2. The predicted octanol–water partition coefficient (Wildman–Crippen LogP) is 9.36. The minimum absolute atomic E-state index is 0.0163. The number of urea groups is 2. The maximum absolute atomic E-state index is 15.3. The maximum atomic E-state index is 15.3. The predicted molar refractivity (Wildman–Crippen MR) is 281 cm³/mol. The Labute approximate surface area is 443 Å². The van der Waals surface area contributed by atoms with Gasteiger partial charge >= 0.3 is 18.0 Å². The third kappa shape index (κ3) is 11.8. The van der Waals surface area contributed by atoms with Crippen LogP contribution in [0.5, 0.6) is 0 Å². The lowest BCUT2D eigenvalue weighted by atomic mass is 9.97. The van der Waals surface area contributed by atoms with Crippen molar-refractivity contribution in [2.75, 3.05) is 80.1 Å². The molecule has 6 N–H and O–H groups in total. The van der Waals surface area contributed by atoms with Gasteiger partial charge in [0.2, 0.25) is 11.9 Å². The van der Waals surface area contributed by atoms with Gasteiger partial charge in [-0.15, -0.1) is 0 Å². The summed E-state index contributed by atoms with van der Waals surface area (Å²) in [6, 6.07) is 18.3. The number of carbonyl (C=O) groups is 4. The van der Waals surface area contributed by atoms with E-state index >= 15 is 4.39 Å². The zero-order valence-corrected chi connectivity index (χ0v) is 42.8. The average molecular weight is 1080 g/mol. The first kappa shape index (κ1) is 55.1. The van der Waals surface area contributed by atoms with Gasteiger partial charge in [-0.25, -0.2) is 60.5 Å². The lowest BCUT2D eigenvalue weighted by Crippen LogP contribution is -2.43. The number of carboxylic acids is 1. The number of aromatic carboxylic acids is 1. The SMILES string of the molecule is Cc1c(F)cc(C(=O)Nc2ccccc2)cc1-c1nc(NCCN(C)C)nc2c1CNC(=O)N2c1c(F)cccc1F.Cc1c(F)cc(C(=O)O)cc1-c1nc(NCCN(C)C)nc2c1CNC(=O)N2c1c(F)cccc1F. The lowest BCUT2D eigenvalue weighted by molar-refractivity contribution is 0.0696. The molecule has 9 rings (SSSR count). The molecular weight excluding hydrogens is 1020 g/mol. The van der Waals surface area contributed by atoms with Gasteiger partial charge in [0.1, 0.15) is 46.3 Å². The quantitative estimate of drug-likeness (QED) is 0.0529. The van der Waals surface area contributed by atoms with E-state index < -0.39 is 70.2 Å². The van der Waals surface area contributed by atoms with Gasteiger partial charge in [-0.05, 0) is 114 Å². The van der Waals surface area contributed by atoms with Crippen LogP contribution in [0.15, 0.2) is 91.0 Å². The van der Waals surface area contributed by atoms with Crippen molar-refractivity contribution >= 4 is 64.5 Å². The topological polar surface area (TPSA) is 213 Å². The van der Waals surface area contributed by atoms with Gasteiger partial charge in [-0.2, -0.15) is 9.97 Å². The molecule has 0 saturated carbocycles. The molecule has 0 fully saturated rings. The molecule has 7 aromatic rings. The number of likely N-dealkylation sites (N-methyl/N-ethyl adjacent to an activating group) is 2. The number of amides is 5. The van der Waals surface area contributed by atoms with Crippen LogP contribution < -0.4 is 36.4 Å². The highest BCUT2D eigenvalue weighted by atomic mass is 19.2. The fourth-order valence-corrected chi connectivity index (χ4v) is 8.35. The van der Waals surface area contributed by atoms with Crippen molar-refractivity contribution < 1.29 is 50.6 Å². The zero-order chi connectivity index (χ0) is 56.1. The maximum Gasteiger partial charge on any atom is 0.335 e. The Kier molecular flexibility index (Phi) is 16.5. The molecule has 0 atom stereocenters. The van der Waals surface area contributed by atoms with Crippen LogP contribution >= 0.6 is 0 Å². The molecular formula is C54H51F6N13O5. The summed E-state index contributed by atoms with van der Waals surface area (Å²) in [5.41, 5.74) is 0.546. The zero-order valence-electron chi connectivity index (χ0n) is 42.8. The number of carboxylic acid groups (broad SMARTS) is 1. The van der Waals surface area contributed by atoms with Gasteiger partial charge < -0.3 is 41.5 Å². The van der Waals surface area contributed by atoms with E-state index in [0.717, 1.165) is 46.2 Å². The monoisotopic (exact) mass is 1080 g/mol. The van der Waals surface area contributed by atoms with Gasteiger partial charge in [0.15, 0.2) is 11.6 Å². The highest BCUT2D eigenvalue weighted by Gasteiger charge is 2.37. The van der Waals surface area contributed by atoms with Crippen molar-refractivity contribution in [2.24, 2.45) is 0 Å².